The van der Waals surface area contributed by atoms with Gasteiger partial charge in [0.05, 0.1) is 15.7 Å². The molecule has 1 N–H and O–H groups in total. The van der Waals surface area contributed by atoms with Crippen LogP contribution in [-0.4, -0.2) is 22.7 Å². The van der Waals surface area contributed by atoms with Crippen LogP contribution < -0.4 is 10.1 Å². The lowest BCUT2D eigenvalue weighted by atomic mass is 10.0. The maximum absolute atomic E-state index is 12.4. The maximum atomic E-state index is 12.4. The molecule has 1 aliphatic heterocycles. The average Bonchev–Trinajstić information content (AvgIpc) is 2.83. The number of hydrogen-bond acceptors (Lipinski definition) is 3. The fourth-order valence-corrected chi connectivity index (χ4v) is 3.98. The van der Waals surface area contributed by atoms with E-state index in [9.17, 15) is 13.2 Å². The van der Waals surface area contributed by atoms with Gasteiger partial charge in [0.1, 0.15) is 17.3 Å². The molecule has 2 aromatic carbocycles. The molecule has 1 aliphatic rings. The van der Waals surface area contributed by atoms with Gasteiger partial charge in [0.2, 0.25) is 0 Å². The second kappa shape index (κ2) is 7.80. The Kier molecular flexibility index (Phi) is 5.36. The summed E-state index contributed by atoms with van der Waals surface area (Å²) in [7, 11) is 0. The van der Waals surface area contributed by atoms with Crippen LogP contribution >= 0.6 is 23.2 Å². The highest BCUT2D eigenvalue weighted by Crippen LogP contribution is 2.40. The van der Waals surface area contributed by atoms with Crippen LogP contribution in [0.2, 0.25) is 10.0 Å². The van der Waals surface area contributed by atoms with Crippen molar-refractivity contribution in [2.75, 3.05) is 11.9 Å². The Morgan fingerprint density at radius 3 is 2.34 bits per heavy atom. The van der Waals surface area contributed by atoms with E-state index in [0.29, 0.717) is 27.0 Å². The predicted octanol–water partition coefficient (Wildman–Crippen LogP) is 6.49. The first-order chi connectivity index (χ1) is 13.8. The molecule has 0 amide bonds. The van der Waals surface area contributed by atoms with Gasteiger partial charge < -0.3 is 10.1 Å². The van der Waals surface area contributed by atoms with E-state index in [2.05, 4.69) is 10.1 Å². The Hall–Kier alpha value is -2.38. The number of aromatic nitrogens is 2. The number of hydrogen-bond donors (Lipinski definition) is 1. The van der Waals surface area contributed by atoms with Crippen molar-refractivity contribution in [3.05, 3.63) is 58.1 Å². The molecule has 152 valence electrons. The van der Waals surface area contributed by atoms with Gasteiger partial charge in [0.15, 0.2) is 0 Å². The number of fused-ring (bicyclic) bond motifs is 1. The highest BCUT2D eigenvalue weighted by atomic mass is 35.5. The van der Waals surface area contributed by atoms with Crippen LogP contribution in [0.5, 0.6) is 5.75 Å². The lowest BCUT2D eigenvalue weighted by Gasteiger charge is -2.11. The summed E-state index contributed by atoms with van der Waals surface area (Å²) >= 11 is 12.8. The quantitative estimate of drug-likeness (QED) is 0.504. The van der Waals surface area contributed by atoms with E-state index < -0.39 is 6.36 Å². The number of ether oxygens (including phenoxy) is 1. The average molecular weight is 442 g/mol. The smallest absolute Gasteiger partial charge is 0.406 e. The van der Waals surface area contributed by atoms with Crippen molar-refractivity contribution in [1.29, 1.82) is 0 Å². The monoisotopic (exact) mass is 441 g/mol. The fraction of sp³-hybridized carbons (Fsp3) is 0.250. The summed E-state index contributed by atoms with van der Waals surface area (Å²) in [6.07, 6.45) is -1.99. The first-order valence-electron chi connectivity index (χ1n) is 9.00. The second-order valence-corrected chi connectivity index (χ2v) is 7.42. The minimum atomic E-state index is -4.74. The third kappa shape index (κ3) is 4.16. The number of nitrogens with zero attached hydrogens (tertiary/aromatic N) is 2. The number of nitrogens with one attached hydrogen (secondary N) is 1. The van der Waals surface area contributed by atoms with E-state index in [4.69, 9.17) is 28.3 Å². The van der Waals surface area contributed by atoms with E-state index in [-0.39, 0.29) is 5.75 Å². The molecule has 0 atom stereocenters. The van der Waals surface area contributed by atoms with Crippen molar-refractivity contribution in [2.24, 2.45) is 0 Å². The summed E-state index contributed by atoms with van der Waals surface area (Å²) in [4.78, 5) is 0. The molecule has 0 unspecified atom stereocenters. The van der Waals surface area contributed by atoms with Gasteiger partial charge in [-0.15, -0.1) is 13.2 Å². The molecule has 1 aromatic heterocycles. The van der Waals surface area contributed by atoms with Crippen molar-refractivity contribution < 1.29 is 17.9 Å². The minimum Gasteiger partial charge on any atom is -0.406 e. The van der Waals surface area contributed by atoms with E-state index in [0.717, 1.165) is 37.2 Å². The maximum Gasteiger partial charge on any atom is 0.573 e. The molecular weight excluding hydrogens is 426 g/mol. The van der Waals surface area contributed by atoms with Crippen LogP contribution in [0, 0.1) is 0 Å². The number of rotatable bonds is 3. The van der Waals surface area contributed by atoms with Crippen molar-refractivity contribution in [3.8, 4) is 22.7 Å². The van der Waals surface area contributed by atoms with Gasteiger partial charge in [-0.2, -0.15) is 5.10 Å². The molecule has 0 fully saturated rings. The number of benzene rings is 2. The van der Waals surface area contributed by atoms with Gasteiger partial charge >= 0.3 is 6.36 Å². The largest absolute Gasteiger partial charge is 0.573 e. The SMILES string of the molecule is FC(F)(F)Oc1ccc(-n2nc(-c3c(Cl)cccc3Cl)c3c2NCCCC3)cc1. The molecule has 0 aliphatic carbocycles. The van der Waals surface area contributed by atoms with Crippen molar-refractivity contribution in [1.82, 2.24) is 9.78 Å². The van der Waals surface area contributed by atoms with Gasteiger partial charge in [-0.3, -0.25) is 0 Å². The molecule has 29 heavy (non-hydrogen) atoms. The van der Waals surface area contributed by atoms with Gasteiger partial charge in [-0.1, -0.05) is 29.3 Å². The summed E-state index contributed by atoms with van der Waals surface area (Å²) in [5.41, 5.74) is 2.89. The van der Waals surface area contributed by atoms with Crippen molar-refractivity contribution in [2.45, 2.75) is 25.6 Å². The van der Waals surface area contributed by atoms with Gasteiger partial charge in [-0.05, 0) is 55.7 Å². The lowest BCUT2D eigenvalue weighted by Crippen LogP contribution is -2.17. The summed E-state index contributed by atoms with van der Waals surface area (Å²) in [5.74, 6) is 0.500. The normalized spacial score (nSPS) is 14.1. The van der Waals surface area contributed by atoms with E-state index in [1.54, 1.807) is 22.9 Å². The molecule has 0 spiro atoms. The first-order valence-corrected chi connectivity index (χ1v) is 9.75. The zero-order valence-corrected chi connectivity index (χ0v) is 16.6. The lowest BCUT2D eigenvalue weighted by molar-refractivity contribution is -0.274. The van der Waals surface area contributed by atoms with Crippen molar-refractivity contribution in [3.63, 3.8) is 0 Å². The molecule has 0 radical (unpaired) electrons. The Bertz CT molecular complexity index is 1010. The molecule has 0 bridgehead atoms. The molecule has 4 nitrogen and oxygen atoms in total. The van der Waals surface area contributed by atoms with E-state index in [1.807, 2.05) is 0 Å². The Morgan fingerprint density at radius 2 is 1.69 bits per heavy atom. The molecule has 4 rings (SSSR count). The van der Waals surface area contributed by atoms with Gasteiger partial charge in [-0.25, -0.2) is 4.68 Å². The molecular formula is C20H16Cl2F3N3O. The fourth-order valence-electron chi connectivity index (χ4n) is 3.40. The summed E-state index contributed by atoms with van der Waals surface area (Å²) in [6.45, 7) is 0.768. The first kappa shape index (κ1) is 19.9. The zero-order chi connectivity index (χ0) is 20.6. The Morgan fingerprint density at radius 1 is 1.00 bits per heavy atom. The predicted molar refractivity (Wildman–Crippen MR) is 107 cm³/mol. The van der Waals surface area contributed by atoms with E-state index in [1.165, 1.54) is 24.3 Å². The van der Waals surface area contributed by atoms with Crippen LogP contribution in [-0.2, 0) is 6.42 Å². The van der Waals surface area contributed by atoms with Crippen LogP contribution in [0.25, 0.3) is 16.9 Å². The number of alkyl halides is 3. The third-order valence-electron chi connectivity index (χ3n) is 4.64. The van der Waals surface area contributed by atoms with Crippen LogP contribution in [0.3, 0.4) is 0 Å². The van der Waals surface area contributed by atoms with Crippen LogP contribution in [0.4, 0.5) is 19.0 Å². The van der Waals surface area contributed by atoms with Crippen LogP contribution in [0.1, 0.15) is 18.4 Å². The zero-order valence-electron chi connectivity index (χ0n) is 15.1. The molecule has 0 saturated carbocycles. The standard InChI is InChI=1S/C20H16Cl2F3N3O/c21-15-5-3-6-16(22)17(15)18-14-4-1-2-11-26-19(14)28(27-18)12-7-9-13(10-8-12)29-20(23,24)25/h3,5-10,26H,1-2,4,11H2. The van der Waals surface area contributed by atoms with Crippen LogP contribution in [0.15, 0.2) is 42.5 Å². The van der Waals surface area contributed by atoms with Gasteiger partial charge in [0.25, 0.3) is 0 Å². The Balaban J connectivity index is 1.82. The molecule has 9 heteroatoms. The third-order valence-corrected chi connectivity index (χ3v) is 5.27. The van der Waals surface area contributed by atoms with Gasteiger partial charge in [0, 0.05) is 17.7 Å². The topological polar surface area (TPSA) is 39.1 Å². The molecule has 2 heterocycles. The molecule has 3 aromatic rings. The number of halogens is 5. The Labute approximate surface area is 175 Å². The van der Waals surface area contributed by atoms with E-state index >= 15 is 0 Å². The second-order valence-electron chi connectivity index (χ2n) is 6.61. The highest BCUT2D eigenvalue weighted by Gasteiger charge is 2.31. The highest BCUT2D eigenvalue weighted by molar-refractivity contribution is 6.39. The molecule has 0 saturated heterocycles. The van der Waals surface area contributed by atoms with Crippen molar-refractivity contribution >= 4 is 29.0 Å². The minimum absolute atomic E-state index is 0.290. The number of anilines is 1. The summed E-state index contributed by atoms with van der Waals surface area (Å²) < 4.78 is 42.9. The summed E-state index contributed by atoms with van der Waals surface area (Å²) in [6, 6.07) is 10.8. The summed E-state index contributed by atoms with van der Waals surface area (Å²) in [5, 5.41) is 9.08.